The maximum absolute atomic E-state index is 13.0. The van der Waals surface area contributed by atoms with Crippen molar-refractivity contribution in [2.45, 2.75) is 19.9 Å². The van der Waals surface area contributed by atoms with Gasteiger partial charge in [-0.05, 0) is 56.3 Å². The van der Waals surface area contributed by atoms with Crippen molar-refractivity contribution < 1.29 is 17.9 Å². The number of carbonyl (C=O) groups is 1. The molecule has 0 spiro atoms. The predicted molar refractivity (Wildman–Crippen MR) is 125 cm³/mol. The highest BCUT2D eigenvalue weighted by molar-refractivity contribution is 7.92. The van der Waals surface area contributed by atoms with Crippen LogP contribution in [0.1, 0.15) is 12.5 Å². The van der Waals surface area contributed by atoms with Crippen LogP contribution in [0, 0.1) is 6.92 Å². The number of carbonyl (C=O) groups excluding carboxylic acids is 1. The topological polar surface area (TPSA) is 75.7 Å². The van der Waals surface area contributed by atoms with Crippen LogP contribution in [0.2, 0.25) is 5.02 Å². The monoisotopic (exact) mass is 458 g/mol. The lowest BCUT2D eigenvalue weighted by Crippen LogP contribution is -2.45. The molecule has 0 aliphatic carbocycles. The SMILES string of the molecule is Cc1ccc(N([C@@H](C)C(=O)Nc2cc(Cl)ccc2Oc2ccccc2)S(C)(=O)=O)cc1. The molecule has 0 unspecified atom stereocenters. The number of hydrogen-bond acceptors (Lipinski definition) is 4. The molecule has 0 aliphatic rings. The van der Waals surface area contributed by atoms with Crippen molar-refractivity contribution >= 4 is 38.9 Å². The fourth-order valence-electron chi connectivity index (χ4n) is 3.04. The number of rotatable bonds is 7. The number of anilines is 2. The van der Waals surface area contributed by atoms with Gasteiger partial charge in [-0.2, -0.15) is 0 Å². The molecule has 31 heavy (non-hydrogen) atoms. The van der Waals surface area contributed by atoms with Crippen LogP contribution in [0.3, 0.4) is 0 Å². The highest BCUT2D eigenvalue weighted by Crippen LogP contribution is 2.32. The number of sulfonamides is 1. The fraction of sp³-hybridized carbons (Fsp3) is 0.174. The summed E-state index contributed by atoms with van der Waals surface area (Å²) in [5, 5.41) is 3.16. The van der Waals surface area contributed by atoms with E-state index >= 15 is 0 Å². The Labute approximate surface area is 187 Å². The van der Waals surface area contributed by atoms with Gasteiger partial charge in [-0.1, -0.05) is 47.5 Å². The van der Waals surface area contributed by atoms with Crippen molar-refractivity contribution in [3.05, 3.63) is 83.4 Å². The van der Waals surface area contributed by atoms with Gasteiger partial charge in [0.1, 0.15) is 11.8 Å². The molecule has 0 bridgehead atoms. The minimum atomic E-state index is -3.72. The van der Waals surface area contributed by atoms with Crippen LogP contribution in [0.4, 0.5) is 11.4 Å². The number of aryl methyl sites for hydroxylation is 1. The second kappa shape index (κ2) is 9.41. The smallest absolute Gasteiger partial charge is 0.248 e. The maximum atomic E-state index is 13.0. The molecular formula is C23H23ClN2O4S. The average Bonchev–Trinajstić information content (AvgIpc) is 2.71. The van der Waals surface area contributed by atoms with Gasteiger partial charge in [-0.3, -0.25) is 9.10 Å². The van der Waals surface area contributed by atoms with Gasteiger partial charge >= 0.3 is 0 Å². The molecule has 1 atom stereocenters. The Balaban J connectivity index is 1.89. The van der Waals surface area contributed by atoms with Crippen LogP contribution in [0.5, 0.6) is 11.5 Å². The van der Waals surface area contributed by atoms with Gasteiger partial charge < -0.3 is 10.1 Å². The summed E-state index contributed by atoms with van der Waals surface area (Å²) < 4.78 is 31.9. The van der Waals surface area contributed by atoms with E-state index in [0.717, 1.165) is 16.1 Å². The van der Waals surface area contributed by atoms with Crippen molar-refractivity contribution in [3.8, 4) is 11.5 Å². The van der Waals surface area contributed by atoms with Crippen molar-refractivity contribution in [1.82, 2.24) is 0 Å². The molecule has 0 aromatic heterocycles. The van der Waals surface area contributed by atoms with E-state index in [2.05, 4.69) is 5.32 Å². The summed E-state index contributed by atoms with van der Waals surface area (Å²) in [6.45, 7) is 3.43. The lowest BCUT2D eigenvalue weighted by atomic mass is 10.2. The fourth-order valence-corrected chi connectivity index (χ4v) is 4.39. The second-order valence-electron chi connectivity index (χ2n) is 7.12. The van der Waals surface area contributed by atoms with Crippen LogP contribution in [0.15, 0.2) is 72.8 Å². The van der Waals surface area contributed by atoms with Gasteiger partial charge in [0.05, 0.1) is 17.6 Å². The molecule has 6 nitrogen and oxygen atoms in total. The van der Waals surface area contributed by atoms with Gasteiger partial charge in [-0.15, -0.1) is 0 Å². The van der Waals surface area contributed by atoms with E-state index in [0.29, 0.717) is 27.9 Å². The van der Waals surface area contributed by atoms with E-state index in [-0.39, 0.29) is 0 Å². The zero-order valence-electron chi connectivity index (χ0n) is 17.4. The maximum Gasteiger partial charge on any atom is 0.248 e. The summed E-state index contributed by atoms with van der Waals surface area (Å²) >= 11 is 6.12. The molecule has 1 amide bonds. The van der Waals surface area contributed by atoms with Gasteiger partial charge in [-0.25, -0.2) is 8.42 Å². The van der Waals surface area contributed by atoms with E-state index in [1.54, 1.807) is 54.6 Å². The normalized spacial score (nSPS) is 12.1. The zero-order chi connectivity index (χ0) is 22.6. The van der Waals surface area contributed by atoms with E-state index in [9.17, 15) is 13.2 Å². The Bertz CT molecular complexity index is 1170. The first-order chi connectivity index (χ1) is 14.6. The minimum absolute atomic E-state index is 0.338. The first-order valence-corrected chi connectivity index (χ1v) is 11.8. The number of amides is 1. The van der Waals surface area contributed by atoms with Crippen molar-refractivity contribution in [1.29, 1.82) is 0 Å². The van der Waals surface area contributed by atoms with Gasteiger partial charge in [0.25, 0.3) is 0 Å². The summed E-state index contributed by atoms with van der Waals surface area (Å²) in [4.78, 5) is 13.0. The first-order valence-electron chi connectivity index (χ1n) is 9.54. The molecule has 8 heteroatoms. The largest absolute Gasteiger partial charge is 0.455 e. The van der Waals surface area contributed by atoms with E-state index in [1.165, 1.54) is 6.92 Å². The number of nitrogens with zero attached hydrogens (tertiary/aromatic N) is 1. The Kier molecular flexibility index (Phi) is 6.87. The van der Waals surface area contributed by atoms with Gasteiger partial charge in [0.15, 0.2) is 5.75 Å². The van der Waals surface area contributed by atoms with Gasteiger partial charge in [0, 0.05) is 5.02 Å². The van der Waals surface area contributed by atoms with Crippen LogP contribution >= 0.6 is 11.6 Å². The minimum Gasteiger partial charge on any atom is -0.455 e. The zero-order valence-corrected chi connectivity index (χ0v) is 18.9. The van der Waals surface area contributed by atoms with Crippen LogP contribution in [-0.2, 0) is 14.8 Å². The van der Waals surface area contributed by atoms with E-state index < -0.39 is 22.0 Å². The Morgan fingerprint density at radius 1 is 1.03 bits per heavy atom. The average molecular weight is 459 g/mol. The van der Waals surface area contributed by atoms with Crippen molar-refractivity contribution in [2.24, 2.45) is 0 Å². The molecule has 0 saturated carbocycles. The molecule has 0 heterocycles. The molecule has 0 saturated heterocycles. The number of para-hydroxylation sites is 1. The Morgan fingerprint density at radius 2 is 1.68 bits per heavy atom. The number of hydrogen-bond donors (Lipinski definition) is 1. The molecule has 162 valence electrons. The number of halogens is 1. The molecule has 3 aromatic carbocycles. The third-order valence-corrected chi connectivity index (χ3v) is 6.02. The second-order valence-corrected chi connectivity index (χ2v) is 9.41. The van der Waals surface area contributed by atoms with E-state index in [4.69, 9.17) is 16.3 Å². The third kappa shape index (κ3) is 5.77. The molecule has 0 aliphatic heterocycles. The molecule has 0 radical (unpaired) electrons. The lowest BCUT2D eigenvalue weighted by Gasteiger charge is -2.28. The standard InChI is InChI=1S/C23H23ClN2O4S/c1-16-9-12-19(13-10-16)26(31(3,28)29)17(2)23(27)25-21-15-18(24)11-14-22(21)30-20-7-5-4-6-8-20/h4-15,17H,1-3H3,(H,25,27)/t17-/m0/s1. The number of benzene rings is 3. The number of ether oxygens (including phenoxy) is 1. The highest BCUT2D eigenvalue weighted by Gasteiger charge is 2.29. The quantitative estimate of drug-likeness (QED) is 0.525. The molecular weight excluding hydrogens is 436 g/mol. The van der Waals surface area contributed by atoms with Crippen LogP contribution in [0.25, 0.3) is 0 Å². The first kappa shape index (κ1) is 22.7. The summed E-state index contributed by atoms with van der Waals surface area (Å²) in [5.74, 6) is 0.453. The lowest BCUT2D eigenvalue weighted by molar-refractivity contribution is -0.116. The summed E-state index contributed by atoms with van der Waals surface area (Å²) in [6, 6.07) is 19.9. The third-order valence-electron chi connectivity index (χ3n) is 4.55. The van der Waals surface area contributed by atoms with Crippen LogP contribution in [-0.4, -0.2) is 26.6 Å². The summed E-state index contributed by atoms with van der Waals surface area (Å²) in [7, 11) is -3.72. The predicted octanol–water partition coefficient (Wildman–Crippen LogP) is 5.23. The van der Waals surface area contributed by atoms with E-state index in [1.807, 2.05) is 25.1 Å². The molecule has 1 N–H and O–H groups in total. The van der Waals surface area contributed by atoms with Gasteiger partial charge in [0.2, 0.25) is 15.9 Å². The Morgan fingerprint density at radius 3 is 2.29 bits per heavy atom. The highest BCUT2D eigenvalue weighted by atomic mass is 35.5. The number of nitrogens with one attached hydrogen (secondary N) is 1. The molecule has 3 rings (SSSR count). The molecule has 0 fully saturated rings. The molecule has 3 aromatic rings. The van der Waals surface area contributed by atoms with Crippen molar-refractivity contribution in [2.75, 3.05) is 15.9 Å². The Hall–Kier alpha value is -3.03. The summed E-state index contributed by atoms with van der Waals surface area (Å²) in [6.07, 6.45) is 1.07. The van der Waals surface area contributed by atoms with Crippen molar-refractivity contribution in [3.63, 3.8) is 0 Å². The summed E-state index contributed by atoms with van der Waals surface area (Å²) in [5.41, 5.74) is 1.73. The van der Waals surface area contributed by atoms with Crippen LogP contribution < -0.4 is 14.4 Å².